The summed E-state index contributed by atoms with van der Waals surface area (Å²) in [4.78, 5) is 9.99. The van der Waals surface area contributed by atoms with Crippen LogP contribution in [0.1, 0.15) is 39.0 Å². The van der Waals surface area contributed by atoms with E-state index in [-0.39, 0.29) is 0 Å². The second-order valence-electron chi connectivity index (χ2n) is 2.58. The molecule has 0 rings (SSSR count). The molecule has 0 heterocycles. The molecule has 0 unspecified atom stereocenters. The van der Waals surface area contributed by atoms with Gasteiger partial charge in [0.25, 0.3) is 0 Å². The number of unbranched alkanes of at least 4 members (excludes halogenated alkanes) is 2. The zero-order chi connectivity index (χ0) is 7.82. The molecule has 1 heteroatoms. The molecule has 0 fully saturated rings. The standard InChI is InChI=1S/C9H16O/c1-3-4-5-6-9(2)7-8-10/h8H,2-7H2,1H3. The summed E-state index contributed by atoms with van der Waals surface area (Å²) in [6.07, 6.45) is 6.15. The first-order chi connectivity index (χ1) is 4.81. The highest BCUT2D eigenvalue weighted by Crippen LogP contribution is 2.08. The zero-order valence-corrected chi connectivity index (χ0v) is 6.73. The Balaban J connectivity index is 3.13. The molecule has 10 heavy (non-hydrogen) atoms. The van der Waals surface area contributed by atoms with Crippen LogP contribution in [0, 0.1) is 0 Å². The van der Waals surface area contributed by atoms with Gasteiger partial charge in [0, 0.05) is 6.42 Å². The smallest absolute Gasteiger partial charge is 0.124 e. The average Bonchev–Trinajstić information content (AvgIpc) is 1.89. The first-order valence-electron chi connectivity index (χ1n) is 3.91. The highest BCUT2D eigenvalue weighted by Gasteiger charge is 1.91. The predicted molar refractivity (Wildman–Crippen MR) is 44.0 cm³/mol. The molecule has 0 atom stereocenters. The Kier molecular flexibility index (Phi) is 6.14. The van der Waals surface area contributed by atoms with Gasteiger partial charge in [-0.1, -0.05) is 31.9 Å². The van der Waals surface area contributed by atoms with Gasteiger partial charge in [-0.05, 0) is 12.8 Å². The largest absolute Gasteiger partial charge is 0.303 e. The van der Waals surface area contributed by atoms with Crippen molar-refractivity contribution in [3.63, 3.8) is 0 Å². The van der Waals surface area contributed by atoms with E-state index in [4.69, 9.17) is 0 Å². The summed E-state index contributed by atoms with van der Waals surface area (Å²) >= 11 is 0. The summed E-state index contributed by atoms with van der Waals surface area (Å²) in [5.74, 6) is 0. The fourth-order valence-electron chi connectivity index (χ4n) is 0.845. The number of allylic oxidation sites excluding steroid dienone is 1. The molecule has 0 saturated carbocycles. The van der Waals surface area contributed by atoms with Crippen molar-refractivity contribution in [1.82, 2.24) is 0 Å². The molecular weight excluding hydrogens is 124 g/mol. The maximum atomic E-state index is 9.99. The molecule has 0 radical (unpaired) electrons. The van der Waals surface area contributed by atoms with E-state index in [1.165, 1.54) is 19.3 Å². The first-order valence-corrected chi connectivity index (χ1v) is 3.91. The Bertz CT molecular complexity index is 105. The molecule has 0 saturated heterocycles. The molecular formula is C9H16O. The normalized spacial score (nSPS) is 9.30. The Morgan fingerprint density at radius 2 is 2.20 bits per heavy atom. The summed E-state index contributed by atoms with van der Waals surface area (Å²) in [5.41, 5.74) is 1.07. The van der Waals surface area contributed by atoms with Crippen LogP contribution in [0.2, 0.25) is 0 Å². The lowest BCUT2D eigenvalue weighted by molar-refractivity contribution is -0.107. The number of carbonyl (C=O) groups excluding carboxylic acids is 1. The molecule has 0 aromatic rings. The minimum Gasteiger partial charge on any atom is -0.303 e. The van der Waals surface area contributed by atoms with E-state index in [1.807, 2.05) is 0 Å². The first kappa shape index (κ1) is 9.41. The van der Waals surface area contributed by atoms with Gasteiger partial charge in [-0.3, -0.25) is 0 Å². The highest BCUT2D eigenvalue weighted by molar-refractivity contribution is 5.53. The lowest BCUT2D eigenvalue weighted by atomic mass is 10.1. The fraction of sp³-hybridized carbons (Fsp3) is 0.667. The molecule has 0 aromatic carbocycles. The summed E-state index contributed by atoms with van der Waals surface area (Å²) < 4.78 is 0. The minimum absolute atomic E-state index is 0.545. The molecule has 0 aliphatic rings. The highest BCUT2D eigenvalue weighted by atomic mass is 16.1. The molecule has 0 bridgehead atoms. The number of carbonyl (C=O) groups is 1. The summed E-state index contributed by atoms with van der Waals surface area (Å²) in [6, 6.07) is 0. The third-order valence-corrected chi connectivity index (χ3v) is 1.51. The van der Waals surface area contributed by atoms with Gasteiger partial charge >= 0.3 is 0 Å². The van der Waals surface area contributed by atoms with Crippen LogP contribution in [0.5, 0.6) is 0 Å². The van der Waals surface area contributed by atoms with E-state index in [0.29, 0.717) is 6.42 Å². The van der Waals surface area contributed by atoms with E-state index in [0.717, 1.165) is 18.3 Å². The number of hydrogen-bond acceptors (Lipinski definition) is 1. The maximum Gasteiger partial charge on any atom is 0.124 e. The molecule has 0 aliphatic carbocycles. The van der Waals surface area contributed by atoms with Crippen molar-refractivity contribution in [3.8, 4) is 0 Å². The van der Waals surface area contributed by atoms with Crippen LogP contribution in [0.3, 0.4) is 0 Å². The van der Waals surface area contributed by atoms with Gasteiger partial charge in [-0.15, -0.1) is 0 Å². The van der Waals surface area contributed by atoms with E-state index in [1.54, 1.807) is 0 Å². The topological polar surface area (TPSA) is 17.1 Å². The second-order valence-corrected chi connectivity index (χ2v) is 2.58. The van der Waals surface area contributed by atoms with Gasteiger partial charge in [0.05, 0.1) is 0 Å². The summed E-state index contributed by atoms with van der Waals surface area (Å²) in [7, 11) is 0. The lowest BCUT2D eigenvalue weighted by Crippen LogP contribution is -1.83. The third-order valence-electron chi connectivity index (χ3n) is 1.51. The lowest BCUT2D eigenvalue weighted by Gasteiger charge is -1.98. The van der Waals surface area contributed by atoms with Crippen LogP contribution in [-0.4, -0.2) is 6.29 Å². The van der Waals surface area contributed by atoms with E-state index in [9.17, 15) is 4.79 Å². The van der Waals surface area contributed by atoms with Gasteiger partial charge in [0.1, 0.15) is 6.29 Å². The van der Waals surface area contributed by atoms with Gasteiger partial charge in [0.2, 0.25) is 0 Å². The molecule has 58 valence electrons. The number of aldehydes is 1. The molecule has 0 N–H and O–H groups in total. The van der Waals surface area contributed by atoms with E-state index in [2.05, 4.69) is 13.5 Å². The molecule has 0 aromatic heterocycles. The average molecular weight is 140 g/mol. The maximum absolute atomic E-state index is 9.99. The van der Waals surface area contributed by atoms with Crippen LogP contribution in [0.4, 0.5) is 0 Å². The summed E-state index contributed by atoms with van der Waals surface area (Å²) in [6.45, 7) is 5.95. The number of hydrogen-bond donors (Lipinski definition) is 0. The van der Waals surface area contributed by atoms with Crippen LogP contribution in [0.25, 0.3) is 0 Å². The Morgan fingerprint density at radius 1 is 1.50 bits per heavy atom. The van der Waals surface area contributed by atoms with Crippen LogP contribution >= 0.6 is 0 Å². The van der Waals surface area contributed by atoms with Crippen LogP contribution in [-0.2, 0) is 4.79 Å². The minimum atomic E-state index is 0.545. The quantitative estimate of drug-likeness (QED) is 0.315. The third kappa shape index (κ3) is 5.54. The van der Waals surface area contributed by atoms with Crippen molar-refractivity contribution in [2.75, 3.05) is 0 Å². The van der Waals surface area contributed by atoms with Crippen LogP contribution in [0.15, 0.2) is 12.2 Å². The zero-order valence-electron chi connectivity index (χ0n) is 6.73. The fourth-order valence-corrected chi connectivity index (χ4v) is 0.845. The Morgan fingerprint density at radius 3 is 2.70 bits per heavy atom. The SMILES string of the molecule is C=C(CC=O)CCCCC. The van der Waals surface area contributed by atoms with Crippen molar-refractivity contribution in [1.29, 1.82) is 0 Å². The molecule has 1 nitrogen and oxygen atoms in total. The van der Waals surface area contributed by atoms with Crippen molar-refractivity contribution in [2.24, 2.45) is 0 Å². The predicted octanol–water partition coefficient (Wildman–Crippen LogP) is 2.71. The van der Waals surface area contributed by atoms with Crippen molar-refractivity contribution in [2.45, 2.75) is 39.0 Å². The monoisotopic (exact) mass is 140 g/mol. The number of rotatable bonds is 6. The van der Waals surface area contributed by atoms with Gasteiger partial charge in [-0.2, -0.15) is 0 Å². The molecule has 0 spiro atoms. The van der Waals surface area contributed by atoms with E-state index >= 15 is 0 Å². The van der Waals surface area contributed by atoms with Gasteiger partial charge in [0.15, 0.2) is 0 Å². The second kappa shape index (κ2) is 6.53. The van der Waals surface area contributed by atoms with E-state index < -0.39 is 0 Å². The Labute approximate surface area is 63.1 Å². The van der Waals surface area contributed by atoms with Crippen LogP contribution < -0.4 is 0 Å². The van der Waals surface area contributed by atoms with Crippen molar-refractivity contribution in [3.05, 3.63) is 12.2 Å². The van der Waals surface area contributed by atoms with Gasteiger partial charge in [-0.25, -0.2) is 0 Å². The Hall–Kier alpha value is -0.590. The van der Waals surface area contributed by atoms with Gasteiger partial charge < -0.3 is 4.79 Å². The van der Waals surface area contributed by atoms with Crippen molar-refractivity contribution < 1.29 is 4.79 Å². The van der Waals surface area contributed by atoms with Crippen molar-refractivity contribution >= 4 is 6.29 Å². The molecule has 0 aliphatic heterocycles. The summed E-state index contributed by atoms with van der Waals surface area (Å²) in [5, 5.41) is 0. The molecule has 0 amide bonds.